The number of anilines is 1. The third-order valence-electron chi connectivity index (χ3n) is 4.50. The Hall–Kier alpha value is -3.67. The SMILES string of the molecule is CCc1cccc(NC(=O)c2cnn(-c3ccc(F)cc3)c2-n2cccc2)c1. The fourth-order valence-electron chi connectivity index (χ4n) is 3.07. The van der Waals surface area contributed by atoms with Crippen LogP contribution in [0.4, 0.5) is 10.1 Å². The molecule has 0 atom stereocenters. The average Bonchev–Trinajstić information content (AvgIpc) is 3.38. The van der Waals surface area contributed by atoms with Gasteiger partial charge in [-0.15, -0.1) is 0 Å². The summed E-state index contributed by atoms with van der Waals surface area (Å²) in [5.41, 5.74) is 2.96. The van der Waals surface area contributed by atoms with E-state index in [2.05, 4.69) is 17.3 Å². The van der Waals surface area contributed by atoms with Crippen molar-refractivity contribution in [3.63, 3.8) is 0 Å². The van der Waals surface area contributed by atoms with Gasteiger partial charge in [0.25, 0.3) is 5.91 Å². The molecule has 140 valence electrons. The molecule has 4 rings (SSSR count). The molecule has 6 heteroatoms. The number of benzene rings is 2. The first-order valence-electron chi connectivity index (χ1n) is 9.03. The molecule has 28 heavy (non-hydrogen) atoms. The first-order chi connectivity index (χ1) is 13.7. The van der Waals surface area contributed by atoms with Crippen molar-refractivity contribution in [2.45, 2.75) is 13.3 Å². The van der Waals surface area contributed by atoms with Crippen molar-refractivity contribution in [1.29, 1.82) is 0 Å². The van der Waals surface area contributed by atoms with Crippen LogP contribution >= 0.6 is 0 Å². The molecule has 0 saturated heterocycles. The van der Waals surface area contributed by atoms with Gasteiger partial charge in [-0.05, 0) is 60.5 Å². The highest BCUT2D eigenvalue weighted by molar-refractivity contribution is 6.06. The highest BCUT2D eigenvalue weighted by atomic mass is 19.1. The van der Waals surface area contributed by atoms with E-state index in [1.807, 2.05) is 53.4 Å². The number of hydrogen-bond donors (Lipinski definition) is 1. The zero-order valence-corrected chi connectivity index (χ0v) is 15.3. The molecule has 4 aromatic rings. The maximum atomic E-state index is 13.3. The van der Waals surface area contributed by atoms with Crippen molar-refractivity contribution in [2.75, 3.05) is 5.32 Å². The quantitative estimate of drug-likeness (QED) is 0.554. The van der Waals surface area contributed by atoms with Crippen LogP contribution in [0.5, 0.6) is 0 Å². The summed E-state index contributed by atoms with van der Waals surface area (Å²) in [5.74, 6) is -0.00161. The lowest BCUT2D eigenvalue weighted by Crippen LogP contribution is -2.15. The van der Waals surface area contributed by atoms with E-state index in [1.54, 1.807) is 16.8 Å². The van der Waals surface area contributed by atoms with E-state index >= 15 is 0 Å². The van der Waals surface area contributed by atoms with Gasteiger partial charge >= 0.3 is 0 Å². The second-order valence-electron chi connectivity index (χ2n) is 6.37. The molecule has 5 nitrogen and oxygen atoms in total. The Morgan fingerprint density at radius 3 is 2.54 bits per heavy atom. The number of halogens is 1. The maximum absolute atomic E-state index is 13.3. The summed E-state index contributed by atoms with van der Waals surface area (Å²) in [6.07, 6.45) is 6.09. The predicted molar refractivity (Wildman–Crippen MR) is 107 cm³/mol. The van der Waals surface area contributed by atoms with E-state index in [-0.39, 0.29) is 11.7 Å². The number of nitrogens with zero attached hydrogens (tertiary/aromatic N) is 3. The number of nitrogens with one attached hydrogen (secondary N) is 1. The van der Waals surface area contributed by atoms with Crippen LogP contribution in [0, 0.1) is 5.82 Å². The number of amides is 1. The van der Waals surface area contributed by atoms with Gasteiger partial charge < -0.3 is 9.88 Å². The third-order valence-corrected chi connectivity index (χ3v) is 4.50. The molecule has 2 aromatic carbocycles. The molecule has 0 bridgehead atoms. The number of rotatable bonds is 5. The lowest BCUT2D eigenvalue weighted by Gasteiger charge is -2.11. The number of hydrogen-bond acceptors (Lipinski definition) is 2. The van der Waals surface area contributed by atoms with Crippen molar-refractivity contribution in [3.05, 3.63) is 96.2 Å². The summed E-state index contributed by atoms with van der Waals surface area (Å²) >= 11 is 0. The molecule has 1 N–H and O–H groups in total. The van der Waals surface area contributed by atoms with Crippen molar-refractivity contribution in [2.24, 2.45) is 0 Å². The lowest BCUT2D eigenvalue weighted by atomic mass is 10.1. The Kier molecular flexibility index (Phi) is 4.76. The summed E-state index contributed by atoms with van der Waals surface area (Å²) in [6.45, 7) is 2.07. The number of aromatic nitrogens is 3. The van der Waals surface area contributed by atoms with Crippen molar-refractivity contribution in [1.82, 2.24) is 14.3 Å². The standard InChI is InChI=1S/C22H19FN4O/c1-2-16-6-5-7-18(14-16)25-21(28)20-15-24-27(19-10-8-17(23)9-11-19)22(20)26-12-3-4-13-26/h3-15H,2H2,1H3,(H,25,28). The topological polar surface area (TPSA) is 51.9 Å². The minimum absolute atomic E-state index is 0.259. The van der Waals surface area contributed by atoms with Gasteiger partial charge in [0, 0.05) is 18.1 Å². The fraction of sp³-hybridized carbons (Fsp3) is 0.0909. The normalized spacial score (nSPS) is 10.8. The number of aryl methyl sites for hydroxylation is 1. The van der Waals surface area contributed by atoms with Crippen LogP contribution < -0.4 is 5.32 Å². The fourth-order valence-corrected chi connectivity index (χ4v) is 3.07. The maximum Gasteiger partial charge on any atom is 0.261 e. The van der Waals surface area contributed by atoms with Crippen LogP contribution in [0.25, 0.3) is 11.5 Å². The van der Waals surface area contributed by atoms with Crippen LogP contribution in [0.1, 0.15) is 22.8 Å². The molecule has 0 radical (unpaired) electrons. The van der Waals surface area contributed by atoms with Gasteiger partial charge in [0.05, 0.1) is 11.9 Å². The minimum atomic E-state index is -0.327. The zero-order valence-electron chi connectivity index (χ0n) is 15.3. The summed E-state index contributed by atoms with van der Waals surface area (Å²) in [5, 5.41) is 7.32. The van der Waals surface area contributed by atoms with Crippen LogP contribution in [0.3, 0.4) is 0 Å². The summed E-state index contributed by atoms with van der Waals surface area (Å²) in [6, 6.07) is 17.5. The van der Waals surface area contributed by atoms with Gasteiger partial charge in [-0.1, -0.05) is 19.1 Å². The van der Waals surface area contributed by atoms with E-state index in [1.165, 1.54) is 18.3 Å². The summed E-state index contributed by atoms with van der Waals surface area (Å²) in [4.78, 5) is 13.0. The van der Waals surface area contributed by atoms with Crippen LogP contribution in [0.15, 0.2) is 79.3 Å². The van der Waals surface area contributed by atoms with Gasteiger partial charge in [-0.25, -0.2) is 9.07 Å². The first kappa shape index (κ1) is 17.7. The Morgan fingerprint density at radius 2 is 1.82 bits per heavy atom. The second-order valence-corrected chi connectivity index (χ2v) is 6.37. The van der Waals surface area contributed by atoms with Gasteiger partial charge in [-0.3, -0.25) is 4.79 Å². The number of carbonyl (C=O) groups excluding carboxylic acids is 1. The Morgan fingerprint density at radius 1 is 1.07 bits per heavy atom. The number of carbonyl (C=O) groups is 1. The van der Waals surface area contributed by atoms with Crippen molar-refractivity contribution in [3.8, 4) is 11.5 Å². The van der Waals surface area contributed by atoms with E-state index in [4.69, 9.17) is 0 Å². The second kappa shape index (κ2) is 7.52. The molecule has 0 aliphatic rings. The van der Waals surface area contributed by atoms with Gasteiger partial charge in [0.15, 0.2) is 5.82 Å². The largest absolute Gasteiger partial charge is 0.322 e. The molecule has 0 unspecified atom stereocenters. The van der Waals surface area contributed by atoms with Crippen LogP contribution in [-0.2, 0) is 6.42 Å². The smallest absolute Gasteiger partial charge is 0.261 e. The molecule has 2 heterocycles. The van der Waals surface area contributed by atoms with E-state index in [0.717, 1.165) is 17.7 Å². The lowest BCUT2D eigenvalue weighted by molar-refractivity contribution is 0.102. The van der Waals surface area contributed by atoms with E-state index in [0.29, 0.717) is 17.1 Å². The zero-order chi connectivity index (χ0) is 19.5. The molecule has 0 spiro atoms. The highest BCUT2D eigenvalue weighted by Gasteiger charge is 2.20. The third kappa shape index (κ3) is 3.44. The monoisotopic (exact) mass is 374 g/mol. The Bertz CT molecular complexity index is 1100. The molecule has 0 fully saturated rings. The molecular formula is C22H19FN4O. The molecule has 0 aliphatic carbocycles. The Labute approximate surface area is 162 Å². The average molecular weight is 374 g/mol. The summed E-state index contributed by atoms with van der Waals surface area (Å²) in [7, 11) is 0. The van der Waals surface area contributed by atoms with Gasteiger partial charge in [0.1, 0.15) is 11.4 Å². The van der Waals surface area contributed by atoms with Gasteiger partial charge in [0.2, 0.25) is 0 Å². The van der Waals surface area contributed by atoms with Gasteiger partial charge in [-0.2, -0.15) is 5.10 Å². The molecular weight excluding hydrogens is 355 g/mol. The predicted octanol–water partition coefficient (Wildman–Crippen LogP) is 4.62. The van der Waals surface area contributed by atoms with E-state index < -0.39 is 0 Å². The Balaban J connectivity index is 1.74. The van der Waals surface area contributed by atoms with Crippen molar-refractivity contribution >= 4 is 11.6 Å². The van der Waals surface area contributed by atoms with E-state index in [9.17, 15) is 9.18 Å². The van der Waals surface area contributed by atoms with Crippen molar-refractivity contribution < 1.29 is 9.18 Å². The van der Waals surface area contributed by atoms with Crippen LogP contribution in [-0.4, -0.2) is 20.3 Å². The first-order valence-corrected chi connectivity index (χ1v) is 9.03. The minimum Gasteiger partial charge on any atom is -0.322 e. The molecule has 0 aliphatic heterocycles. The highest BCUT2D eigenvalue weighted by Crippen LogP contribution is 2.22. The van der Waals surface area contributed by atoms with Crippen LogP contribution in [0.2, 0.25) is 0 Å². The molecule has 2 aromatic heterocycles. The molecule has 0 saturated carbocycles. The molecule has 1 amide bonds. The summed E-state index contributed by atoms with van der Waals surface area (Å²) < 4.78 is 16.7.